The van der Waals surface area contributed by atoms with E-state index in [1.807, 2.05) is 0 Å². The molecular formula is C11H14N2O2. The summed E-state index contributed by atoms with van der Waals surface area (Å²) in [5.74, 6) is -0.916. The highest BCUT2D eigenvalue weighted by Crippen LogP contribution is 2.44. The van der Waals surface area contributed by atoms with Crippen LogP contribution in [-0.2, 0) is 0 Å². The highest BCUT2D eigenvalue weighted by atomic mass is 16.4. The van der Waals surface area contributed by atoms with Crippen molar-refractivity contribution in [1.82, 2.24) is 4.98 Å². The number of carbonyl (C=O) groups is 1. The number of hydrogen-bond acceptors (Lipinski definition) is 3. The van der Waals surface area contributed by atoms with E-state index in [9.17, 15) is 4.79 Å². The molecule has 0 amide bonds. The number of aromatic carboxylic acids is 1. The van der Waals surface area contributed by atoms with E-state index >= 15 is 0 Å². The van der Waals surface area contributed by atoms with Crippen LogP contribution in [0.2, 0.25) is 0 Å². The van der Waals surface area contributed by atoms with Crippen LogP contribution < -0.4 is 5.32 Å². The Bertz CT molecular complexity index is 386. The largest absolute Gasteiger partial charge is 0.478 e. The van der Waals surface area contributed by atoms with Gasteiger partial charge in [0.2, 0.25) is 0 Å². The summed E-state index contributed by atoms with van der Waals surface area (Å²) in [5.41, 5.74) is 1.25. The van der Waals surface area contributed by atoms with Crippen LogP contribution in [0.1, 0.15) is 30.1 Å². The normalized spacial score (nSPS) is 17.1. The Kier molecular flexibility index (Phi) is 2.34. The van der Waals surface area contributed by atoms with Gasteiger partial charge >= 0.3 is 5.97 Å². The lowest BCUT2D eigenvalue weighted by atomic mass is 10.1. The summed E-state index contributed by atoms with van der Waals surface area (Å²) in [6, 6.07) is 1.51. The molecule has 0 bridgehead atoms. The lowest BCUT2D eigenvalue weighted by molar-refractivity contribution is 0.0698. The topological polar surface area (TPSA) is 62.2 Å². The minimum absolute atomic E-state index is 0.286. The Balaban J connectivity index is 2.09. The number of carboxylic acids is 1. The predicted octanol–water partition coefficient (Wildman–Crippen LogP) is 1.99. The standard InChI is InChI=1S/C11H14N2O2/c1-11(3-4-11)7-13-9-6-12-5-2-8(9)10(14)15/h2,5-6,13H,3-4,7H2,1H3,(H,14,15). The molecule has 0 atom stereocenters. The van der Waals surface area contributed by atoms with E-state index in [1.54, 1.807) is 6.20 Å². The van der Waals surface area contributed by atoms with Gasteiger partial charge in [0.25, 0.3) is 0 Å². The van der Waals surface area contributed by atoms with Crippen LogP contribution in [0.15, 0.2) is 18.5 Å². The number of rotatable bonds is 4. The van der Waals surface area contributed by atoms with Gasteiger partial charge in [-0.25, -0.2) is 4.79 Å². The molecule has 1 fully saturated rings. The van der Waals surface area contributed by atoms with Gasteiger partial charge in [-0.05, 0) is 24.3 Å². The fourth-order valence-electron chi connectivity index (χ4n) is 1.42. The summed E-state index contributed by atoms with van der Waals surface area (Å²) in [7, 11) is 0. The molecule has 15 heavy (non-hydrogen) atoms. The van der Waals surface area contributed by atoms with Crippen molar-refractivity contribution < 1.29 is 9.90 Å². The minimum atomic E-state index is -0.916. The maximum Gasteiger partial charge on any atom is 0.337 e. The minimum Gasteiger partial charge on any atom is -0.478 e. The predicted molar refractivity (Wildman–Crippen MR) is 57.0 cm³/mol. The molecule has 0 unspecified atom stereocenters. The molecule has 0 aromatic carbocycles. The van der Waals surface area contributed by atoms with Crippen molar-refractivity contribution in [3.63, 3.8) is 0 Å². The van der Waals surface area contributed by atoms with Gasteiger partial charge in [0.1, 0.15) is 0 Å². The van der Waals surface area contributed by atoms with Crippen molar-refractivity contribution in [2.75, 3.05) is 11.9 Å². The summed E-state index contributed by atoms with van der Waals surface area (Å²) >= 11 is 0. The quantitative estimate of drug-likeness (QED) is 0.790. The molecule has 1 aliphatic carbocycles. The fraction of sp³-hybridized carbons (Fsp3) is 0.455. The van der Waals surface area contributed by atoms with Crippen molar-refractivity contribution in [1.29, 1.82) is 0 Å². The molecule has 1 aromatic rings. The first-order valence-electron chi connectivity index (χ1n) is 5.02. The third kappa shape index (κ3) is 2.26. The first-order chi connectivity index (χ1) is 7.11. The molecule has 2 rings (SSSR count). The average molecular weight is 206 g/mol. The van der Waals surface area contributed by atoms with Crippen molar-refractivity contribution in [3.05, 3.63) is 24.0 Å². The second-order valence-electron chi connectivity index (χ2n) is 4.39. The summed E-state index contributed by atoms with van der Waals surface area (Å²) in [6.45, 7) is 3.01. The van der Waals surface area contributed by atoms with Gasteiger partial charge in [0, 0.05) is 12.7 Å². The summed E-state index contributed by atoms with van der Waals surface area (Å²) in [5, 5.41) is 12.1. The van der Waals surface area contributed by atoms with Gasteiger partial charge in [-0.2, -0.15) is 0 Å². The first kappa shape index (κ1) is 9.96. The summed E-state index contributed by atoms with van der Waals surface area (Å²) in [4.78, 5) is 14.8. The maximum atomic E-state index is 10.9. The lowest BCUT2D eigenvalue weighted by Crippen LogP contribution is -2.14. The van der Waals surface area contributed by atoms with E-state index in [-0.39, 0.29) is 5.56 Å². The SMILES string of the molecule is CC1(CNc2cnccc2C(=O)O)CC1. The van der Waals surface area contributed by atoms with Gasteiger partial charge < -0.3 is 10.4 Å². The van der Waals surface area contributed by atoms with E-state index in [0.29, 0.717) is 11.1 Å². The number of carboxylic acid groups (broad SMARTS) is 1. The molecule has 1 heterocycles. The molecule has 1 aromatic heterocycles. The summed E-state index contributed by atoms with van der Waals surface area (Å²) < 4.78 is 0. The Morgan fingerprint density at radius 2 is 2.40 bits per heavy atom. The molecule has 4 nitrogen and oxygen atoms in total. The average Bonchev–Trinajstić information content (AvgIpc) is 2.95. The van der Waals surface area contributed by atoms with Crippen LogP contribution in [0.4, 0.5) is 5.69 Å². The first-order valence-corrected chi connectivity index (χ1v) is 5.02. The smallest absolute Gasteiger partial charge is 0.337 e. The van der Waals surface area contributed by atoms with Crippen LogP contribution in [0.3, 0.4) is 0 Å². The molecular weight excluding hydrogens is 192 g/mol. The second-order valence-corrected chi connectivity index (χ2v) is 4.39. The van der Waals surface area contributed by atoms with Crippen molar-refractivity contribution in [2.45, 2.75) is 19.8 Å². The van der Waals surface area contributed by atoms with Gasteiger partial charge in [-0.1, -0.05) is 6.92 Å². The maximum absolute atomic E-state index is 10.9. The summed E-state index contributed by atoms with van der Waals surface area (Å²) in [6.07, 6.45) is 5.48. The van der Waals surface area contributed by atoms with Gasteiger partial charge in [0.15, 0.2) is 0 Å². The van der Waals surface area contributed by atoms with Crippen LogP contribution >= 0.6 is 0 Å². The van der Waals surface area contributed by atoms with E-state index in [0.717, 1.165) is 6.54 Å². The van der Waals surface area contributed by atoms with Crippen molar-refractivity contribution in [2.24, 2.45) is 5.41 Å². The third-order valence-electron chi connectivity index (χ3n) is 2.86. The highest BCUT2D eigenvalue weighted by Gasteiger charge is 2.36. The highest BCUT2D eigenvalue weighted by molar-refractivity contribution is 5.93. The van der Waals surface area contributed by atoms with Crippen LogP contribution in [0.5, 0.6) is 0 Å². The Morgan fingerprint density at radius 1 is 1.67 bits per heavy atom. The molecule has 1 aliphatic rings. The number of hydrogen-bond donors (Lipinski definition) is 2. The molecule has 80 valence electrons. The van der Waals surface area contributed by atoms with E-state index in [1.165, 1.54) is 25.1 Å². The van der Waals surface area contributed by atoms with Gasteiger partial charge in [-0.3, -0.25) is 4.98 Å². The Morgan fingerprint density at radius 3 is 3.00 bits per heavy atom. The molecule has 2 N–H and O–H groups in total. The second kappa shape index (κ2) is 3.53. The lowest BCUT2D eigenvalue weighted by Gasteiger charge is -2.12. The number of anilines is 1. The van der Waals surface area contributed by atoms with Gasteiger partial charge in [0.05, 0.1) is 17.4 Å². The van der Waals surface area contributed by atoms with Crippen molar-refractivity contribution in [3.8, 4) is 0 Å². The van der Waals surface area contributed by atoms with Crippen molar-refractivity contribution >= 4 is 11.7 Å². The molecule has 0 radical (unpaired) electrons. The van der Waals surface area contributed by atoms with Gasteiger partial charge in [-0.15, -0.1) is 0 Å². The Hall–Kier alpha value is -1.58. The number of pyridine rings is 1. The fourth-order valence-corrected chi connectivity index (χ4v) is 1.42. The zero-order chi connectivity index (χ0) is 10.9. The van der Waals surface area contributed by atoms with Crippen LogP contribution in [0, 0.1) is 5.41 Å². The van der Waals surface area contributed by atoms with E-state index in [2.05, 4.69) is 17.2 Å². The molecule has 0 aliphatic heterocycles. The third-order valence-corrected chi connectivity index (χ3v) is 2.86. The Labute approximate surface area is 88.3 Å². The molecule has 0 saturated heterocycles. The van der Waals surface area contributed by atoms with Crippen LogP contribution in [-0.4, -0.2) is 22.6 Å². The number of nitrogens with one attached hydrogen (secondary N) is 1. The van der Waals surface area contributed by atoms with Crippen LogP contribution in [0.25, 0.3) is 0 Å². The monoisotopic (exact) mass is 206 g/mol. The van der Waals surface area contributed by atoms with E-state index in [4.69, 9.17) is 5.11 Å². The zero-order valence-electron chi connectivity index (χ0n) is 8.66. The number of aromatic nitrogens is 1. The molecule has 0 spiro atoms. The molecule has 1 saturated carbocycles. The number of nitrogens with zero attached hydrogens (tertiary/aromatic N) is 1. The molecule has 4 heteroatoms. The van der Waals surface area contributed by atoms with E-state index < -0.39 is 5.97 Å². The zero-order valence-corrected chi connectivity index (χ0v) is 8.66.